The second-order valence-electron chi connectivity index (χ2n) is 9.03. The Labute approximate surface area is 149 Å². The minimum absolute atomic E-state index is 0.0528. The smallest absolute Gasteiger partial charge is 0.156 e. The third-order valence-electron chi connectivity index (χ3n) is 8.06. The Morgan fingerprint density at radius 1 is 1.20 bits per heavy atom. The van der Waals surface area contributed by atoms with Crippen LogP contribution in [0.5, 0.6) is 0 Å². The third kappa shape index (κ3) is 2.33. The molecule has 4 rings (SSSR count). The van der Waals surface area contributed by atoms with E-state index < -0.39 is 11.7 Å². The molecule has 4 heteroatoms. The molecule has 6 atom stereocenters. The summed E-state index contributed by atoms with van der Waals surface area (Å²) in [6.45, 7) is 4.29. The largest absolute Gasteiger partial charge is 0.368 e. The molecule has 0 bridgehead atoms. The minimum atomic E-state index is -1.34. The van der Waals surface area contributed by atoms with E-state index in [9.17, 15) is 19.8 Å². The van der Waals surface area contributed by atoms with E-state index >= 15 is 0 Å². The third-order valence-corrected chi connectivity index (χ3v) is 8.06. The molecule has 0 aliphatic heterocycles. The number of ketones is 2. The number of hydrogen-bond donors (Lipinski definition) is 2. The van der Waals surface area contributed by atoms with Gasteiger partial charge in [-0.15, -0.1) is 0 Å². The highest BCUT2D eigenvalue weighted by molar-refractivity contribution is 5.92. The van der Waals surface area contributed by atoms with Crippen LogP contribution >= 0.6 is 0 Å². The first kappa shape index (κ1) is 17.2. The molecule has 136 valence electrons. The van der Waals surface area contributed by atoms with Gasteiger partial charge in [-0.05, 0) is 60.0 Å². The molecule has 2 fully saturated rings. The summed E-state index contributed by atoms with van der Waals surface area (Å²) in [5, 5.41) is 18.9. The van der Waals surface area contributed by atoms with E-state index in [4.69, 9.17) is 0 Å². The van der Waals surface area contributed by atoms with Gasteiger partial charge in [0, 0.05) is 24.7 Å². The van der Waals surface area contributed by atoms with Gasteiger partial charge in [0.2, 0.25) is 0 Å². The molecular formula is C21H28O4. The topological polar surface area (TPSA) is 74.6 Å². The lowest BCUT2D eigenvalue weighted by Crippen LogP contribution is -2.53. The van der Waals surface area contributed by atoms with Crippen LogP contribution in [0.4, 0.5) is 0 Å². The standard InChI is InChI=1S/C21H28O4/c1-20-8-7-14(22)9-12(20)3-5-15-16-6-4-13(10-19(24)25)21(16,2)18(23)11-17(15)20/h3,5,9,13,15-17,19,24-25H,4,6-8,10-11H2,1-2H3/t13-,15+,16+,17+,20+,21-/m1/s1. The number of rotatable bonds is 2. The number of aliphatic hydroxyl groups is 2. The van der Waals surface area contributed by atoms with Gasteiger partial charge >= 0.3 is 0 Å². The molecule has 2 saturated carbocycles. The van der Waals surface area contributed by atoms with Gasteiger partial charge in [-0.2, -0.15) is 0 Å². The van der Waals surface area contributed by atoms with Crippen LogP contribution in [0.2, 0.25) is 0 Å². The van der Waals surface area contributed by atoms with Crippen molar-refractivity contribution in [3.63, 3.8) is 0 Å². The second kappa shape index (κ2) is 5.62. The molecule has 2 N–H and O–H groups in total. The summed E-state index contributed by atoms with van der Waals surface area (Å²) in [5.74, 6) is 1.42. The molecule has 0 aromatic carbocycles. The predicted octanol–water partition coefficient (Wildman–Crippen LogP) is 2.79. The highest BCUT2D eigenvalue weighted by Crippen LogP contribution is 2.64. The number of Topliss-reactive ketones (excluding diaryl/α,β-unsaturated/α-hetero) is 1. The number of allylic oxidation sites excluding steroid dienone is 4. The molecule has 0 aromatic rings. The van der Waals surface area contributed by atoms with E-state index in [1.165, 1.54) is 0 Å². The number of carbonyl (C=O) groups excluding carboxylic acids is 2. The molecule has 4 nitrogen and oxygen atoms in total. The van der Waals surface area contributed by atoms with Crippen molar-refractivity contribution in [3.05, 3.63) is 23.8 Å². The van der Waals surface area contributed by atoms with Gasteiger partial charge in [-0.25, -0.2) is 0 Å². The van der Waals surface area contributed by atoms with Crippen LogP contribution in [0.15, 0.2) is 23.8 Å². The quantitative estimate of drug-likeness (QED) is 0.756. The number of fused-ring (bicyclic) bond motifs is 5. The molecule has 4 aliphatic rings. The van der Waals surface area contributed by atoms with E-state index in [2.05, 4.69) is 26.0 Å². The minimum Gasteiger partial charge on any atom is -0.368 e. The summed E-state index contributed by atoms with van der Waals surface area (Å²) >= 11 is 0. The van der Waals surface area contributed by atoms with Crippen molar-refractivity contribution in [3.8, 4) is 0 Å². The van der Waals surface area contributed by atoms with Crippen LogP contribution in [0.3, 0.4) is 0 Å². The van der Waals surface area contributed by atoms with E-state index in [0.717, 1.165) is 24.8 Å². The molecule has 0 saturated heterocycles. The zero-order chi connectivity index (χ0) is 18.0. The lowest BCUT2D eigenvalue weighted by molar-refractivity contribution is -0.146. The van der Waals surface area contributed by atoms with Crippen molar-refractivity contribution in [2.45, 2.75) is 58.7 Å². The summed E-state index contributed by atoms with van der Waals surface area (Å²) in [5.41, 5.74) is 0.567. The van der Waals surface area contributed by atoms with Gasteiger partial charge in [0.25, 0.3) is 0 Å². The first-order valence-corrected chi connectivity index (χ1v) is 9.59. The maximum atomic E-state index is 13.3. The van der Waals surface area contributed by atoms with Gasteiger partial charge < -0.3 is 10.2 Å². The van der Waals surface area contributed by atoms with Crippen molar-refractivity contribution < 1.29 is 19.8 Å². The second-order valence-corrected chi connectivity index (χ2v) is 9.03. The number of hydrogen-bond acceptors (Lipinski definition) is 4. The first-order valence-electron chi connectivity index (χ1n) is 9.59. The van der Waals surface area contributed by atoms with Crippen molar-refractivity contribution in [1.82, 2.24) is 0 Å². The van der Waals surface area contributed by atoms with Crippen LogP contribution in [-0.4, -0.2) is 28.1 Å². The fourth-order valence-corrected chi connectivity index (χ4v) is 6.47. The average Bonchev–Trinajstić information content (AvgIpc) is 2.87. The first-order chi connectivity index (χ1) is 11.8. The normalized spacial score (nSPS) is 45.9. The van der Waals surface area contributed by atoms with Crippen LogP contribution < -0.4 is 0 Å². The fraction of sp³-hybridized carbons (Fsp3) is 0.714. The summed E-state index contributed by atoms with van der Waals surface area (Å²) in [6.07, 6.45) is 8.91. The SMILES string of the molecule is C[C@]12C(=O)C[C@H]3[C@@H](C=CC4=CC(=O)CC[C@@]43C)[C@@H]1CC[C@@H]2CC(O)O. The highest BCUT2D eigenvalue weighted by atomic mass is 16.5. The Hall–Kier alpha value is -1.26. The molecule has 0 heterocycles. The molecule has 4 aliphatic carbocycles. The Balaban J connectivity index is 1.72. The molecular weight excluding hydrogens is 316 g/mol. The van der Waals surface area contributed by atoms with E-state index in [1.807, 2.05) is 0 Å². The summed E-state index contributed by atoms with van der Waals surface area (Å²) in [4.78, 5) is 25.1. The molecule has 25 heavy (non-hydrogen) atoms. The molecule has 0 aromatic heterocycles. The summed E-state index contributed by atoms with van der Waals surface area (Å²) in [7, 11) is 0. The van der Waals surface area contributed by atoms with Gasteiger partial charge in [-0.3, -0.25) is 9.59 Å². The van der Waals surface area contributed by atoms with Gasteiger partial charge in [0.15, 0.2) is 12.1 Å². The Morgan fingerprint density at radius 3 is 2.68 bits per heavy atom. The lowest BCUT2D eigenvalue weighted by atomic mass is 9.48. The Bertz CT molecular complexity index is 675. The number of carbonyl (C=O) groups is 2. The van der Waals surface area contributed by atoms with E-state index in [1.54, 1.807) is 6.08 Å². The highest BCUT2D eigenvalue weighted by Gasteiger charge is 2.61. The Morgan fingerprint density at radius 2 is 1.96 bits per heavy atom. The van der Waals surface area contributed by atoms with Gasteiger partial charge in [0.1, 0.15) is 5.78 Å². The van der Waals surface area contributed by atoms with E-state index in [0.29, 0.717) is 18.8 Å². The Kier molecular flexibility index (Phi) is 3.86. The molecule has 0 amide bonds. The molecule has 0 unspecified atom stereocenters. The maximum Gasteiger partial charge on any atom is 0.156 e. The van der Waals surface area contributed by atoms with Crippen molar-refractivity contribution in [2.75, 3.05) is 0 Å². The zero-order valence-electron chi connectivity index (χ0n) is 15.1. The summed E-state index contributed by atoms with van der Waals surface area (Å²) < 4.78 is 0. The van der Waals surface area contributed by atoms with Crippen molar-refractivity contribution in [1.29, 1.82) is 0 Å². The van der Waals surface area contributed by atoms with E-state index in [-0.39, 0.29) is 41.2 Å². The zero-order valence-corrected chi connectivity index (χ0v) is 15.1. The van der Waals surface area contributed by atoms with Crippen LogP contribution in [0.25, 0.3) is 0 Å². The summed E-state index contributed by atoms with van der Waals surface area (Å²) in [6, 6.07) is 0. The van der Waals surface area contributed by atoms with Crippen molar-refractivity contribution in [2.24, 2.45) is 34.5 Å². The monoisotopic (exact) mass is 344 g/mol. The van der Waals surface area contributed by atoms with Crippen molar-refractivity contribution >= 4 is 11.6 Å². The van der Waals surface area contributed by atoms with Crippen LogP contribution in [0.1, 0.15) is 52.4 Å². The van der Waals surface area contributed by atoms with Gasteiger partial charge in [0.05, 0.1) is 0 Å². The van der Waals surface area contributed by atoms with Crippen LogP contribution in [0, 0.1) is 34.5 Å². The number of aliphatic hydroxyl groups excluding tert-OH is 1. The van der Waals surface area contributed by atoms with Crippen LogP contribution in [-0.2, 0) is 9.59 Å². The predicted molar refractivity (Wildman–Crippen MR) is 93.3 cm³/mol. The fourth-order valence-electron chi connectivity index (χ4n) is 6.47. The maximum absolute atomic E-state index is 13.3. The average molecular weight is 344 g/mol. The molecule has 0 radical (unpaired) electrons. The van der Waals surface area contributed by atoms with Gasteiger partial charge in [-0.1, -0.05) is 26.0 Å². The molecule has 0 spiro atoms. The lowest BCUT2D eigenvalue weighted by Gasteiger charge is -2.55.